The number of oxazole rings is 1. The molecule has 140 valence electrons. The normalized spacial score (nSPS) is 20.4. The average molecular weight is 364 g/mol. The maximum atomic E-state index is 6.03. The molecule has 5 nitrogen and oxygen atoms in total. The molecule has 1 unspecified atom stereocenters. The lowest BCUT2D eigenvalue weighted by Crippen LogP contribution is -2.19. The van der Waals surface area contributed by atoms with Crippen LogP contribution in [0.5, 0.6) is 11.5 Å². The third-order valence-corrected chi connectivity index (χ3v) is 5.38. The van der Waals surface area contributed by atoms with Gasteiger partial charge in [0.15, 0.2) is 5.58 Å². The lowest BCUT2D eigenvalue weighted by molar-refractivity contribution is 0.210. The van der Waals surface area contributed by atoms with Gasteiger partial charge in [0.25, 0.3) is 0 Å². The van der Waals surface area contributed by atoms with E-state index < -0.39 is 0 Å². The van der Waals surface area contributed by atoms with E-state index in [-0.39, 0.29) is 6.10 Å². The summed E-state index contributed by atoms with van der Waals surface area (Å²) in [6, 6.07) is 13.9. The Morgan fingerprint density at radius 1 is 0.889 bits per heavy atom. The number of nitrogens with zero attached hydrogens (tertiary/aromatic N) is 1. The summed E-state index contributed by atoms with van der Waals surface area (Å²) in [6.07, 6.45) is 6.51. The zero-order valence-electron chi connectivity index (χ0n) is 15.3. The van der Waals surface area contributed by atoms with Gasteiger partial charge in [-0.2, -0.15) is 0 Å². The van der Waals surface area contributed by atoms with E-state index in [4.69, 9.17) is 13.9 Å². The van der Waals surface area contributed by atoms with Crippen molar-refractivity contribution in [2.45, 2.75) is 44.3 Å². The Kier molecular flexibility index (Phi) is 4.46. The van der Waals surface area contributed by atoms with Crippen LogP contribution in [0, 0.1) is 0 Å². The van der Waals surface area contributed by atoms with Crippen molar-refractivity contribution in [1.29, 1.82) is 0 Å². The predicted octanol–water partition coefficient (Wildman–Crippen LogP) is 4.56. The Hall–Kier alpha value is -2.53. The molecule has 1 saturated carbocycles. The summed E-state index contributed by atoms with van der Waals surface area (Å²) >= 11 is 0. The molecule has 1 N–H and O–H groups in total. The maximum absolute atomic E-state index is 6.03. The highest BCUT2D eigenvalue weighted by Gasteiger charge is 2.18. The van der Waals surface area contributed by atoms with Crippen LogP contribution in [-0.2, 0) is 0 Å². The zero-order chi connectivity index (χ0) is 18.1. The van der Waals surface area contributed by atoms with Crippen LogP contribution in [0.2, 0.25) is 0 Å². The van der Waals surface area contributed by atoms with Crippen LogP contribution < -0.4 is 14.8 Å². The van der Waals surface area contributed by atoms with Crippen LogP contribution in [0.25, 0.3) is 22.6 Å². The van der Waals surface area contributed by atoms with Gasteiger partial charge in [0, 0.05) is 18.2 Å². The summed E-state index contributed by atoms with van der Waals surface area (Å²) in [5.41, 5.74) is 2.54. The van der Waals surface area contributed by atoms with Crippen molar-refractivity contribution in [3.05, 3.63) is 42.5 Å². The summed E-state index contributed by atoms with van der Waals surface area (Å²) in [5, 5.41) is 3.31. The van der Waals surface area contributed by atoms with E-state index in [9.17, 15) is 0 Å². The summed E-state index contributed by atoms with van der Waals surface area (Å²) in [4.78, 5) is 4.61. The average Bonchev–Trinajstić information content (AvgIpc) is 3.44. The van der Waals surface area contributed by atoms with Gasteiger partial charge in [-0.3, -0.25) is 0 Å². The molecule has 0 spiro atoms. The fourth-order valence-corrected chi connectivity index (χ4v) is 3.90. The number of nitrogens with one attached hydrogen (secondary N) is 1. The number of aromatic nitrogens is 1. The van der Waals surface area contributed by atoms with Crippen LogP contribution in [0.3, 0.4) is 0 Å². The predicted molar refractivity (Wildman–Crippen MR) is 104 cm³/mol. The summed E-state index contributed by atoms with van der Waals surface area (Å²) < 4.78 is 18.0. The van der Waals surface area contributed by atoms with Crippen LogP contribution in [-0.4, -0.2) is 30.3 Å². The standard InChI is InChI=1S/C22H24N2O3/c1-2-4-16(3-1)25-17-7-5-15(6-8-17)22-24-20-10-9-18(13-21(20)27-22)26-19-11-12-23-14-19/h5-10,13,16,19,23H,1-4,11-12,14H2. The molecule has 0 bridgehead atoms. The van der Waals surface area contributed by atoms with Gasteiger partial charge < -0.3 is 19.2 Å². The topological polar surface area (TPSA) is 56.5 Å². The Balaban J connectivity index is 1.33. The van der Waals surface area contributed by atoms with E-state index in [0.29, 0.717) is 12.0 Å². The molecule has 0 amide bonds. The minimum atomic E-state index is 0.234. The van der Waals surface area contributed by atoms with Crippen LogP contribution >= 0.6 is 0 Å². The molecule has 5 heteroatoms. The lowest BCUT2D eigenvalue weighted by Gasteiger charge is -2.12. The van der Waals surface area contributed by atoms with Crippen molar-refractivity contribution in [2.24, 2.45) is 0 Å². The first-order valence-corrected chi connectivity index (χ1v) is 9.88. The second kappa shape index (κ2) is 7.24. The Bertz CT molecular complexity index is 907. The zero-order valence-corrected chi connectivity index (χ0v) is 15.3. The highest BCUT2D eigenvalue weighted by molar-refractivity contribution is 5.77. The highest BCUT2D eigenvalue weighted by Crippen LogP contribution is 2.30. The molecule has 5 rings (SSSR count). The first-order valence-electron chi connectivity index (χ1n) is 9.88. The number of fused-ring (bicyclic) bond motifs is 1. The van der Waals surface area contributed by atoms with E-state index in [0.717, 1.165) is 60.5 Å². The molecule has 1 aliphatic carbocycles. The first-order chi connectivity index (χ1) is 13.3. The SMILES string of the molecule is c1cc(-c2nc3ccc(OC4CCNC4)cc3o2)ccc1OC1CCCC1. The molecular formula is C22H24N2O3. The lowest BCUT2D eigenvalue weighted by atomic mass is 10.2. The van der Waals surface area contributed by atoms with Gasteiger partial charge in [-0.05, 0) is 75.0 Å². The molecule has 0 radical (unpaired) electrons. The van der Waals surface area contributed by atoms with Crippen molar-refractivity contribution >= 4 is 11.1 Å². The van der Waals surface area contributed by atoms with Crippen molar-refractivity contribution in [1.82, 2.24) is 10.3 Å². The van der Waals surface area contributed by atoms with E-state index in [1.165, 1.54) is 12.8 Å². The van der Waals surface area contributed by atoms with Gasteiger partial charge in [0.2, 0.25) is 5.89 Å². The highest BCUT2D eigenvalue weighted by atomic mass is 16.5. The number of rotatable bonds is 5. The van der Waals surface area contributed by atoms with Crippen molar-refractivity contribution in [3.8, 4) is 23.0 Å². The molecule has 2 fully saturated rings. The van der Waals surface area contributed by atoms with E-state index in [1.54, 1.807) is 0 Å². The Labute approximate surface area is 158 Å². The third-order valence-electron chi connectivity index (χ3n) is 5.38. The van der Waals surface area contributed by atoms with Gasteiger partial charge in [-0.15, -0.1) is 0 Å². The quantitative estimate of drug-likeness (QED) is 0.719. The molecule has 27 heavy (non-hydrogen) atoms. The van der Waals surface area contributed by atoms with Gasteiger partial charge in [0.1, 0.15) is 23.1 Å². The molecule has 1 saturated heterocycles. The van der Waals surface area contributed by atoms with Crippen LogP contribution in [0.15, 0.2) is 46.9 Å². The molecule has 2 heterocycles. The van der Waals surface area contributed by atoms with Gasteiger partial charge in [0.05, 0.1) is 6.10 Å². The van der Waals surface area contributed by atoms with E-state index >= 15 is 0 Å². The van der Waals surface area contributed by atoms with Gasteiger partial charge >= 0.3 is 0 Å². The molecule has 3 aromatic rings. The molecular weight excluding hydrogens is 340 g/mol. The fraction of sp³-hybridized carbons (Fsp3) is 0.409. The minimum Gasteiger partial charge on any atom is -0.490 e. The van der Waals surface area contributed by atoms with Gasteiger partial charge in [-0.1, -0.05) is 0 Å². The fourth-order valence-electron chi connectivity index (χ4n) is 3.90. The maximum Gasteiger partial charge on any atom is 0.227 e. The number of ether oxygens (including phenoxy) is 2. The van der Waals surface area contributed by atoms with Crippen molar-refractivity contribution in [3.63, 3.8) is 0 Å². The summed E-state index contributed by atoms with van der Waals surface area (Å²) in [7, 11) is 0. The third kappa shape index (κ3) is 3.65. The number of hydrogen-bond donors (Lipinski definition) is 1. The molecule has 2 aliphatic rings. The molecule has 1 aliphatic heterocycles. The molecule has 1 aromatic heterocycles. The second-order valence-electron chi connectivity index (χ2n) is 7.43. The number of benzene rings is 2. The van der Waals surface area contributed by atoms with E-state index in [1.807, 2.05) is 42.5 Å². The minimum absolute atomic E-state index is 0.234. The summed E-state index contributed by atoms with van der Waals surface area (Å²) in [6.45, 7) is 1.91. The van der Waals surface area contributed by atoms with Gasteiger partial charge in [-0.25, -0.2) is 4.98 Å². The molecule has 2 aromatic carbocycles. The smallest absolute Gasteiger partial charge is 0.227 e. The number of hydrogen-bond acceptors (Lipinski definition) is 5. The van der Waals surface area contributed by atoms with E-state index in [2.05, 4.69) is 10.3 Å². The summed E-state index contributed by atoms with van der Waals surface area (Å²) in [5.74, 6) is 2.37. The van der Waals surface area contributed by atoms with Crippen molar-refractivity contribution in [2.75, 3.05) is 13.1 Å². The van der Waals surface area contributed by atoms with Crippen LogP contribution in [0.1, 0.15) is 32.1 Å². The largest absolute Gasteiger partial charge is 0.490 e. The second-order valence-corrected chi connectivity index (χ2v) is 7.43. The Morgan fingerprint density at radius 2 is 1.67 bits per heavy atom. The van der Waals surface area contributed by atoms with Crippen LogP contribution in [0.4, 0.5) is 0 Å². The Morgan fingerprint density at radius 3 is 2.44 bits per heavy atom. The monoisotopic (exact) mass is 364 g/mol. The molecule has 1 atom stereocenters. The first kappa shape index (κ1) is 16.6. The van der Waals surface area contributed by atoms with Crippen molar-refractivity contribution < 1.29 is 13.9 Å².